The summed E-state index contributed by atoms with van der Waals surface area (Å²) in [5.41, 5.74) is 3.04. The van der Waals surface area contributed by atoms with E-state index in [1.807, 2.05) is 6.92 Å². The Morgan fingerprint density at radius 3 is 2.10 bits per heavy atom. The number of rotatable bonds is 5. The molecule has 0 radical (unpaired) electrons. The van der Waals surface area contributed by atoms with Crippen LogP contribution in [0.5, 0.6) is 5.75 Å². The molecule has 5 nitrogen and oxygen atoms in total. The first-order valence-electron chi connectivity index (χ1n) is 9.45. The number of ether oxygens (including phenoxy) is 1. The van der Waals surface area contributed by atoms with Crippen molar-refractivity contribution in [3.05, 3.63) is 93.6 Å². The largest absolute Gasteiger partial charge is 0.497 e. The van der Waals surface area contributed by atoms with Crippen molar-refractivity contribution in [1.82, 2.24) is 0 Å². The molecule has 0 saturated heterocycles. The molecular formula is C24H18Cl2N2O3. The number of carbonyl (C=O) groups excluding carboxylic acids is 2. The van der Waals surface area contributed by atoms with Gasteiger partial charge in [-0.1, -0.05) is 35.3 Å². The number of hydrogen-bond acceptors (Lipinski definition) is 4. The molecule has 0 unspecified atom stereocenters. The molecule has 2 amide bonds. The van der Waals surface area contributed by atoms with Crippen LogP contribution in [0.3, 0.4) is 0 Å². The molecule has 0 fully saturated rings. The van der Waals surface area contributed by atoms with Gasteiger partial charge in [-0.25, -0.2) is 4.90 Å². The van der Waals surface area contributed by atoms with Crippen LogP contribution in [0.4, 0.5) is 11.4 Å². The van der Waals surface area contributed by atoms with Gasteiger partial charge >= 0.3 is 0 Å². The summed E-state index contributed by atoms with van der Waals surface area (Å²) in [5, 5.41) is 4.26. The number of hydrogen-bond donors (Lipinski definition) is 1. The highest BCUT2D eigenvalue weighted by Gasteiger charge is 2.40. The number of carbonyl (C=O) groups is 2. The number of methoxy groups -OCH3 is 1. The van der Waals surface area contributed by atoms with Crippen LogP contribution >= 0.6 is 23.2 Å². The lowest BCUT2D eigenvalue weighted by Gasteiger charge is -2.16. The number of imide groups is 1. The highest BCUT2D eigenvalue weighted by Crippen LogP contribution is 2.35. The number of aryl methyl sites for hydroxylation is 1. The van der Waals surface area contributed by atoms with E-state index in [0.717, 1.165) is 10.5 Å². The molecule has 31 heavy (non-hydrogen) atoms. The molecule has 7 heteroatoms. The number of anilines is 2. The Labute approximate surface area is 189 Å². The van der Waals surface area contributed by atoms with Crippen LogP contribution in [0.1, 0.15) is 11.1 Å². The molecule has 0 aliphatic carbocycles. The predicted octanol–water partition coefficient (Wildman–Crippen LogP) is 5.71. The summed E-state index contributed by atoms with van der Waals surface area (Å²) in [6.07, 6.45) is 0. The zero-order valence-corrected chi connectivity index (χ0v) is 18.3. The zero-order chi connectivity index (χ0) is 22.1. The van der Waals surface area contributed by atoms with Crippen molar-refractivity contribution in [2.45, 2.75) is 6.92 Å². The molecule has 1 N–H and O–H groups in total. The number of nitrogens with zero attached hydrogens (tertiary/aromatic N) is 1. The van der Waals surface area contributed by atoms with Crippen molar-refractivity contribution in [1.29, 1.82) is 0 Å². The fourth-order valence-electron chi connectivity index (χ4n) is 3.40. The van der Waals surface area contributed by atoms with E-state index < -0.39 is 11.8 Å². The molecule has 3 aromatic carbocycles. The monoisotopic (exact) mass is 452 g/mol. The van der Waals surface area contributed by atoms with Gasteiger partial charge in [-0.15, -0.1) is 0 Å². The van der Waals surface area contributed by atoms with Gasteiger partial charge in [0.2, 0.25) is 0 Å². The highest BCUT2D eigenvalue weighted by molar-refractivity contribution is 6.46. The predicted molar refractivity (Wildman–Crippen MR) is 124 cm³/mol. The molecule has 156 valence electrons. The van der Waals surface area contributed by atoms with Gasteiger partial charge in [0, 0.05) is 15.7 Å². The standard InChI is InChI=1S/C24H18Cl2N2O3/c1-14-13-17(26)7-12-20(14)27-22-21(15-3-10-19(31-2)11-4-15)23(29)28(24(22)30)18-8-5-16(25)6-9-18/h3-13,27H,1-2H3. The average Bonchev–Trinajstić information content (AvgIpc) is 3.00. The molecule has 1 aliphatic rings. The molecule has 0 bridgehead atoms. The van der Waals surface area contributed by atoms with E-state index in [2.05, 4.69) is 5.32 Å². The van der Waals surface area contributed by atoms with Crippen LogP contribution in [0.25, 0.3) is 5.57 Å². The van der Waals surface area contributed by atoms with Gasteiger partial charge in [0.25, 0.3) is 11.8 Å². The molecule has 0 aromatic heterocycles. The first-order valence-corrected chi connectivity index (χ1v) is 10.2. The van der Waals surface area contributed by atoms with Crippen molar-refractivity contribution in [3.8, 4) is 5.75 Å². The van der Waals surface area contributed by atoms with Crippen molar-refractivity contribution in [2.75, 3.05) is 17.3 Å². The third-order valence-electron chi connectivity index (χ3n) is 5.00. The van der Waals surface area contributed by atoms with E-state index in [0.29, 0.717) is 32.7 Å². The molecule has 1 aliphatic heterocycles. The Balaban J connectivity index is 1.82. The molecule has 0 spiro atoms. The number of halogens is 2. The minimum Gasteiger partial charge on any atom is -0.497 e. The Bertz CT molecular complexity index is 1200. The fourth-order valence-corrected chi connectivity index (χ4v) is 3.75. The summed E-state index contributed by atoms with van der Waals surface area (Å²) in [6, 6.07) is 18.8. The van der Waals surface area contributed by atoms with E-state index in [1.54, 1.807) is 73.8 Å². The molecule has 0 saturated carbocycles. The van der Waals surface area contributed by atoms with E-state index in [-0.39, 0.29) is 11.3 Å². The lowest BCUT2D eigenvalue weighted by atomic mass is 10.0. The summed E-state index contributed by atoms with van der Waals surface area (Å²) < 4.78 is 5.21. The van der Waals surface area contributed by atoms with Crippen LogP contribution < -0.4 is 15.0 Å². The molecular weight excluding hydrogens is 435 g/mol. The topological polar surface area (TPSA) is 58.6 Å². The smallest absolute Gasteiger partial charge is 0.282 e. The second kappa shape index (κ2) is 8.46. The summed E-state index contributed by atoms with van der Waals surface area (Å²) in [5.74, 6) is -0.224. The normalized spacial score (nSPS) is 13.7. The van der Waals surface area contributed by atoms with Gasteiger partial charge in [0.1, 0.15) is 11.4 Å². The maximum atomic E-state index is 13.4. The zero-order valence-electron chi connectivity index (χ0n) is 16.8. The second-order valence-electron chi connectivity index (χ2n) is 6.98. The minimum atomic E-state index is -0.451. The molecule has 4 rings (SSSR count). The fraction of sp³-hybridized carbons (Fsp3) is 0.0833. The van der Waals surface area contributed by atoms with Crippen LogP contribution in [0, 0.1) is 6.92 Å². The Kier molecular flexibility index (Phi) is 5.72. The first-order chi connectivity index (χ1) is 14.9. The molecule has 1 heterocycles. The Morgan fingerprint density at radius 1 is 0.839 bits per heavy atom. The minimum absolute atomic E-state index is 0.190. The van der Waals surface area contributed by atoms with Gasteiger partial charge in [-0.3, -0.25) is 9.59 Å². The Hall–Kier alpha value is -3.28. The van der Waals surface area contributed by atoms with Gasteiger partial charge < -0.3 is 10.1 Å². The van der Waals surface area contributed by atoms with Crippen LogP contribution in [0.2, 0.25) is 10.0 Å². The van der Waals surface area contributed by atoms with Gasteiger partial charge in [0.15, 0.2) is 0 Å². The summed E-state index contributed by atoms with van der Waals surface area (Å²) >= 11 is 12.0. The van der Waals surface area contributed by atoms with Crippen molar-refractivity contribution < 1.29 is 14.3 Å². The van der Waals surface area contributed by atoms with Crippen molar-refractivity contribution in [3.63, 3.8) is 0 Å². The van der Waals surface area contributed by atoms with Crippen molar-refractivity contribution >= 4 is 52.0 Å². The van der Waals surface area contributed by atoms with E-state index >= 15 is 0 Å². The van der Waals surface area contributed by atoms with Gasteiger partial charge in [0.05, 0.1) is 18.4 Å². The molecule has 3 aromatic rings. The molecule has 0 atom stereocenters. The van der Waals surface area contributed by atoms with Crippen LogP contribution in [0.15, 0.2) is 72.4 Å². The number of benzene rings is 3. The SMILES string of the molecule is COc1ccc(C2=C(Nc3ccc(Cl)cc3C)C(=O)N(c3ccc(Cl)cc3)C2=O)cc1. The summed E-state index contributed by atoms with van der Waals surface area (Å²) in [6.45, 7) is 1.88. The highest BCUT2D eigenvalue weighted by atomic mass is 35.5. The van der Waals surface area contributed by atoms with Crippen LogP contribution in [-0.2, 0) is 9.59 Å². The van der Waals surface area contributed by atoms with Crippen LogP contribution in [-0.4, -0.2) is 18.9 Å². The average molecular weight is 453 g/mol. The third-order valence-corrected chi connectivity index (χ3v) is 5.48. The Morgan fingerprint density at radius 2 is 1.48 bits per heavy atom. The van der Waals surface area contributed by atoms with E-state index in [4.69, 9.17) is 27.9 Å². The van der Waals surface area contributed by atoms with Gasteiger partial charge in [-0.2, -0.15) is 0 Å². The maximum Gasteiger partial charge on any atom is 0.282 e. The third kappa shape index (κ3) is 4.02. The van der Waals surface area contributed by atoms with Crippen molar-refractivity contribution in [2.24, 2.45) is 0 Å². The van der Waals surface area contributed by atoms with Gasteiger partial charge in [-0.05, 0) is 72.6 Å². The summed E-state index contributed by atoms with van der Waals surface area (Å²) in [4.78, 5) is 28.0. The maximum absolute atomic E-state index is 13.4. The van der Waals surface area contributed by atoms with E-state index in [9.17, 15) is 9.59 Å². The lowest BCUT2D eigenvalue weighted by Crippen LogP contribution is -2.32. The quantitative estimate of drug-likeness (QED) is 0.503. The number of amides is 2. The second-order valence-corrected chi connectivity index (χ2v) is 7.86. The number of nitrogens with one attached hydrogen (secondary N) is 1. The lowest BCUT2D eigenvalue weighted by molar-refractivity contribution is -0.120. The first kappa shape index (κ1) is 21.0. The summed E-state index contributed by atoms with van der Waals surface area (Å²) in [7, 11) is 1.57. The van der Waals surface area contributed by atoms with E-state index in [1.165, 1.54) is 0 Å².